The van der Waals surface area contributed by atoms with E-state index < -0.39 is 0 Å². The van der Waals surface area contributed by atoms with Crippen molar-refractivity contribution in [3.05, 3.63) is 11.8 Å². The minimum absolute atomic E-state index is 0.176. The Morgan fingerprint density at radius 3 is 2.67 bits per heavy atom. The fourth-order valence-electron chi connectivity index (χ4n) is 0.720. The summed E-state index contributed by atoms with van der Waals surface area (Å²) in [5.74, 6) is 0. The number of nitriles is 1. The summed E-state index contributed by atoms with van der Waals surface area (Å²) in [7, 11) is 0. The van der Waals surface area contributed by atoms with Crippen molar-refractivity contribution in [1.29, 1.82) is 5.26 Å². The predicted molar refractivity (Wildman–Crippen MR) is 35.2 cm³/mol. The fourth-order valence-corrected chi connectivity index (χ4v) is 0.720. The van der Waals surface area contributed by atoms with Crippen LogP contribution in [0.25, 0.3) is 0 Å². The highest BCUT2D eigenvalue weighted by molar-refractivity contribution is 5.22. The van der Waals surface area contributed by atoms with Crippen LogP contribution >= 0.6 is 0 Å². The zero-order chi connectivity index (χ0) is 6.91. The van der Waals surface area contributed by atoms with Gasteiger partial charge in [-0.05, 0) is 12.8 Å². The van der Waals surface area contributed by atoms with Gasteiger partial charge in [0.1, 0.15) is 0 Å². The summed E-state index contributed by atoms with van der Waals surface area (Å²) in [6.07, 6.45) is 3.71. The zero-order valence-electron chi connectivity index (χ0n) is 5.52. The predicted octanol–water partition coefficient (Wildman–Crippen LogP) is 1.15. The smallest absolute Gasteiger partial charge is 0.0930 e. The van der Waals surface area contributed by atoms with E-state index in [0.717, 1.165) is 18.5 Å². The molecule has 0 radical (unpaired) electrons. The van der Waals surface area contributed by atoms with Crippen LogP contribution in [0.15, 0.2) is 11.8 Å². The van der Waals surface area contributed by atoms with Crippen molar-refractivity contribution < 1.29 is 0 Å². The maximum absolute atomic E-state index is 8.22. The van der Waals surface area contributed by atoms with Gasteiger partial charge in [0.15, 0.2) is 0 Å². The van der Waals surface area contributed by atoms with Crippen LogP contribution in [0, 0.1) is 16.7 Å². The van der Waals surface area contributed by atoms with Crippen LogP contribution in [0.4, 0.5) is 0 Å². The number of hydrogen-bond acceptors (Lipinski definition) is 2. The molecule has 0 aliphatic heterocycles. The van der Waals surface area contributed by atoms with Gasteiger partial charge in [-0.15, -0.1) is 0 Å². The van der Waals surface area contributed by atoms with E-state index in [1.807, 2.05) is 6.07 Å². The number of nitrogens with two attached hydrogens (primary N) is 1. The zero-order valence-corrected chi connectivity index (χ0v) is 5.52. The molecule has 1 aliphatic rings. The van der Waals surface area contributed by atoms with E-state index in [9.17, 15) is 0 Å². The second-order valence-electron chi connectivity index (χ2n) is 2.79. The average Bonchev–Trinajstić information content (AvgIpc) is 2.50. The number of hydrogen-bond donors (Lipinski definition) is 1. The van der Waals surface area contributed by atoms with Gasteiger partial charge in [-0.25, -0.2) is 0 Å². The van der Waals surface area contributed by atoms with Crippen molar-refractivity contribution in [2.24, 2.45) is 11.1 Å². The Kier molecular flexibility index (Phi) is 1.21. The van der Waals surface area contributed by atoms with Gasteiger partial charge in [-0.2, -0.15) is 5.26 Å². The molecule has 1 saturated carbocycles. The van der Waals surface area contributed by atoms with Gasteiger partial charge in [0.25, 0.3) is 0 Å². The van der Waals surface area contributed by atoms with Crippen molar-refractivity contribution in [3.63, 3.8) is 0 Å². The third-order valence-electron chi connectivity index (χ3n) is 1.92. The molecular formula is C7H10N2. The summed E-state index contributed by atoms with van der Waals surface area (Å²) in [5, 5.41) is 8.22. The van der Waals surface area contributed by atoms with E-state index in [1.54, 1.807) is 0 Å². The summed E-state index contributed by atoms with van der Waals surface area (Å²) < 4.78 is 0. The van der Waals surface area contributed by atoms with Gasteiger partial charge < -0.3 is 5.73 Å². The molecule has 0 bridgehead atoms. The standard InChI is InChI=1S/C7H10N2/c1-7(3-4-7)6(9)2-5-8/h2H,3-4,9H2,1H3. The number of allylic oxidation sites excluding steroid dienone is 2. The molecule has 0 aromatic rings. The van der Waals surface area contributed by atoms with Crippen LogP contribution in [0.1, 0.15) is 19.8 Å². The minimum Gasteiger partial charge on any atom is -0.401 e. The molecule has 0 aromatic heterocycles. The first-order valence-corrected chi connectivity index (χ1v) is 3.05. The van der Waals surface area contributed by atoms with Crippen molar-refractivity contribution in [3.8, 4) is 6.07 Å². The largest absolute Gasteiger partial charge is 0.401 e. The fraction of sp³-hybridized carbons (Fsp3) is 0.571. The van der Waals surface area contributed by atoms with Gasteiger partial charge in [0.2, 0.25) is 0 Å². The Bertz CT molecular complexity index is 182. The summed E-state index contributed by atoms with van der Waals surface area (Å²) in [6.45, 7) is 2.08. The number of rotatable bonds is 1. The summed E-state index contributed by atoms with van der Waals surface area (Å²) in [4.78, 5) is 0. The first kappa shape index (κ1) is 6.15. The van der Waals surface area contributed by atoms with Gasteiger partial charge >= 0.3 is 0 Å². The summed E-state index contributed by atoms with van der Waals surface area (Å²) >= 11 is 0. The van der Waals surface area contributed by atoms with E-state index in [0.29, 0.717) is 0 Å². The van der Waals surface area contributed by atoms with Crippen LogP contribution in [0.2, 0.25) is 0 Å². The molecule has 2 nitrogen and oxygen atoms in total. The Labute approximate surface area is 55.0 Å². The van der Waals surface area contributed by atoms with Crippen LogP contribution < -0.4 is 5.73 Å². The Morgan fingerprint density at radius 2 is 2.33 bits per heavy atom. The number of nitrogens with zero attached hydrogens (tertiary/aromatic N) is 1. The molecule has 1 fully saturated rings. The molecule has 1 aliphatic carbocycles. The third-order valence-corrected chi connectivity index (χ3v) is 1.92. The monoisotopic (exact) mass is 122 g/mol. The molecule has 0 saturated heterocycles. The lowest BCUT2D eigenvalue weighted by atomic mass is 10.1. The highest BCUT2D eigenvalue weighted by atomic mass is 14.7. The van der Waals surface area contributed by atoms with Crippen LogP contribution in [0.3, 0.4) is 0 Å². The maximum atomic E-state index is 8.22. The molecule has 2 heteroatoms. The van der Waals surface area contributed by atoms with Crippen LogP contribution in [-0.2, 0) is 0 Å². The minimum atomic E-state index is 0.176. The lowest BCUT2D eigenvalue weighted by Gasteiger charge is -2.04. The molecule has 0 aromatic carbocycles. The lowest BCUT2D eigenvalue weighted by Crippen LogP contribution is -2.08. The molecule has 1 rings (SSSR count). The molecule has 2 N–H and O–H groups in total. The quantitative estimate of drug-likeness (QED) is 0.530. The van der Waals surface area contributed by atoms with Crippen molar-refractivity contribution >= 4 is 0 Å². The summed E-state index contributed by atoms with van der Waals surface area (Å²) in [6, 6.07) is 1.93. The normalized spacial score (nSPS) is 22.9. The first-order chi connectivity index (χ1) is 4.19. The van der Waals surface area contributed by atoms with E-state index in [-0.39, 0.29) is 5.41 Å². The molecular weight excluding hydrogens is 112 g/mol. The van der Waals surface area contributed by atoms with Crippen molar-refractivity contribution in [2.75, 3.05) is 0 Å². The van der Waals surface area contributed by atoms with Crippen LogP contribution in [0.5, 0.6) is 0 Å². The molecule has 0 amide bonds. The highest BCUT2D eigenvalue weighted by Crippen LogP contribution is 2.49. The first-order valence-electron chi connectivity index (χ1n) is 3.05. The molecule has 9 heavy (non-hydrogen) atoms. The average molecular weight is 122 g/mol. The second-order valence-corrected chi connectivity index (χ2v) is 2.79. The van der Waals surface area contributed by atoms with Gasteiger partial charge in [-0.3, -0.25) is 0 Å². The lowest BCUT2D eigenvalue weighted by molar-refractivity contribution is 0.679. The van der Waals surface area contributed by atoms with Crippen LogP contribution in [-0.4, -0.2) is 0 Å². The Balaban J connectivity index is 2.64. The van der Waals surface area contributed by atoms with E-state index in [1.165, 1.54) is 6.08 Å². The van der Waals surface area contributed by atoms with Crippen molar-refractivity contribution in [1.82, 2.24) is 0 Å². The van der Waals surface area contributed by atoms with E-state index in [2.05, 4.69) is 6.92 Å². The Morgan fingerprint density at radius 1 is 1.78 bits per heavy atom. The van der Waals surface area contributed by atoms with E-state index in [4.69, 9.17) is 11.0 Å². The molecule has 0 unspecified atom stereocenters. The molecule has 48 valence electrons. The van der Waals surface area contributed by atoms with Crippen molar-refractivity contribution in [2.45, 2.75) is 19.8 Å². The van der Waals surface area contributed by atoms with Gasteiger partial charge in [0, 0.05) is 17.2 Å². The highest BCUT2D eigenvalue weighted by Gasteiger charge is 2.39. The molecule has 0 spiro atoms. The molecule has 0 atom stereocenters. The van der Waals surface area contributed by atoms with E-state index >= 15 is 0 Å². The topological polar surface area (TPSA) is 49.8 Å². The molecule has 0 heterocycles. The Hall–Kier alpha value is -0.970. The SMILES string of the molecule is CC1(C(N)=CC#N)CC1. The van der Waals surface area contributed by atoms with Gasteiger partial charge in [-0.1, -0.05) is 6.92 Å². The van der Waals surface area contributed by atoms with Gasteiger partial charge in [0.05, 0.1) is 6.07 Å². The second kappa shape index (κ2) is 1.77. The summed E-state index contributed by atoms with van der Waals surface area (Å²) in [5.41, 5.74) is 6.48. The maximum Gasteiger partial charge on any atom is 0.0930 e. The third kappa shape index (κ3) is 1.05.